The van der Waals surface area contributed by atoms with Gasteiger partial charge in [0.2, 0.25) is 6.79 Å². The molecule has 3 aromatic rings. The van der Waals surface area contributed by atoms with E-state index >= 15 is 0 Å². The monoisotopic (exact) mass is 381 g/mol. The number of benzene rings is 1. The van der Waals surface area contributed by atoms with Gasteiger partial charge in [-0.2, -0.15) is 4.52 Å². The maximum atomic E-state index is 12.1. The van der Waals surface area contributed by atoms with E-state index in [-0.39, 0.29) is 12.4 Å². The molecule has 0 N–H and O–H groups in total. The maximum absolute atomic E-state index is 12.1. The lowest BCUT2D eigenvalue weighted by molar-refractivity contribution is 0.167. The van der Waals surface area contributed by atoms with Gasteiger partial charge in [0.25, 0.3) is 5.56 Å². The third-order valence-electron chi connectivity index (χ3n) is 4.97. The molecular formula is C20H20N4O4. The third kappa shape index (κ3) is 3.00. The first-order chi connectivity index (χ1) is 14.0. The molecule has 1 aromatic carbocycles. The smallest absolute Gasteiger partial charge is 0.274 e. The lowest BCUT2D eigenvalue weighted by atomic mass is 10.1. The van der Waals surface area contributed by atoms with E-state index in [0.717, 1.165) is 11.4 Å². The van der Waals surface area contributed by atoms with Crippen LogP contribution < -0.4 is 24.7 Å². The normalized spacial score (nSPS) is 18.2. The first kappa shape index (κ1) is 15.7. The van der Waals surface area contributed by atoms with E-state index in [1.165, 1.54) is 16.8 Å². The second-order valence-corrected chi connectivity index (χ2v) is 6.85. The summed E-state index contributed by atoms with van der Waals surface area (Å²) < 4.78 is 26.7. The van der Waals surface area contributed by atoms with Crippen molar-refractivity contribution in [2.24, 2.45) is 0 Å². The first-order valence-corrected chi connectivity index (χ1v) is 9.20. The minimum atomic E-state index is -1.03. The van der Waals surface area contributed by atoms with Crippen LogP contribution in [0.1, 0.15) is 19.8 Å². The van der Waals surface area contributed by atoms with Gasteiger partial charge in [-0.05, 0) is 30.7 Å². The molecule has 0 saturated carbocycles. The Balaban J connectivity index is 1.33. The van der Waals surface area contributed by atoms with Crippen LogP contribution in [-0.4, -0.2) is 40.6 Å². The van der Waals surface area contributed by atoms with Crippen LogP contribution in [0.4, 0.5) is 5.82 Å². The lowest BCUT2D eigenvalue weighted by Gasteiger charge is -2.33. The predicted octanol–water partition coefficient (Wildman–Crippen LogP) is 2.17. The van der Waals surface area contributed by atoms with Gasteiger partial charge in [-0.3, -0.25) is 4.79 Å². The second kappa shape index (κ2) is 6.70. The van der Waals surface area contributed by atoms with Crippen molar-refractivity contribution in [1.82, 2.24) is 14.6 Å². The number of hydrogen-bond acceptors (Lipinski definition) is 7. The van der Waals surface area contributed by atoms with E-state index in [1.807, 2.05) is 13.0 Å². The van der Waals surface area contributed by atoms with Crippen LogP contribution in [0.25, 0.3) is 5.65 Å². The zero-order chi connectivity index (χ0) is 20.0. The fourth-order valence-electron chi connectivity index (χ4n) is 3.54. The number of aryl methyl sites for hydroxylation is 1. The van der Waals surface area contributed by atoms with Gasteiger partial charge in [0.1, 0.15) is 11.8 Å². The molecule has 0 radical (unpaired) electrons. The molecule has 2 aliphatic heterocycles. The molecule has 0 bridgehead atoms. The van der Waals surface area contributed by atoms with Gasteiger partial charge in [0, 0.05) is 44.3 Å². The summed E-state index contributed by atoms with van der Waals surface area (Å²) in [5, 5.41) is 4.50. The molecule has 8 heteroatoms. The van der Waals surface area contributed by atoms with Crippen LogP contribution in [0.5, 0.6) is 17.2 Å². The van der Waals surface area contributed by atoms with Crippen molar-refractivity contribution < 1.29 is 15.6 Å². The number of anilines is 1. The van der Waals surface area contributed by atoms with E-state index in [2.05, 4.69) is 15.0 Å². The quantitative estimate of drug-likeness (QED) is 0.688. The molecule has 144 valence electrons. The van der Waals surface area contributed by atoms with Crippen molar-refractivity contribution in [1.29, 1.82) is 0 Å². The SMILES string of the molecule is [2H]C1(Oc2ccc3c(c2)OCO3)CCN(c2nn3c(=O)ccnc3cc2C)CC1. The number of ether oxygens (including phenoxy) is 3. The summed E-state index contributed by atoms with van der Waals surface area (Å²) in [6.45, 7) is 3.36. The molecule has 2 aliphatic rings. The van der Waals surface area contributed by atoms with Crippen molar-refractivity contribution in [2.45, 2.75) is 25.8 Å². The highest BCUT2D eigenvalue weighted by Crippen LogP contribution is 2.36. The Labute approximate surface area is 162 Å². The number of hydrogen-bond donors (Lipinski definition) is 0. The topological polar surface area (TPSA) is 78.2 Å². The highest BCUT2D eigenvalue weighted by atomic mass is 16.7. The van der Waals surface area contributed by atoms with Gasteiger partial charge < -0.3 is 19.1 Å². The minimum absolute atomic E-state index is 0.205. The number of nitrogens with zero attached hydrogens (tertiary/aromatic N) is 4. The molecule has 8 nitrogen and oxygen atoms in total. The molecule has 0 amide bonds. The first-order valence-electron chi connectivity index (χ1n) is 9.70. The van der Waals surface area contributed by atoms with E-state index in [1.54, 1.807) is 18.2 Å². The molecule has 0 atom stereocenters. The molecular weight excluding hydrogens is 360 g/mol. The zero-order valence-corrected chi connectivity index (χ0v) is 15.4. The van der Waals surface area contributed by atoms with Crippen LogP contribution in [0.15, 0.2) is 41.3 Å². The third-order valence-corrected chi connectivity index (χ3v) is 4.97. The fourth-order valence-corrected chi connectivity index (χ4v) is 3.54. The molecule has 5 rings (SSSR count). The minimum Gasteiger partial charge on any atom is -0.490 e. The lowest BCUT2D eigenvalue weighted by Crippen LogP contribution is -2.39. The molecule has 0 aliphatic carbocycles. The summed E-state index contributed by atoms with van der Waals surface area (Å²) in [5.74, 6) is 2.65. The fraction of sp³-hybridized carbons (Fsp3) is 0.350. The number of rotatable bonds is 3. The van der Waals surface area contributed by atoms with Gasteiger partial charge in [0.15, 0.2) is 23.0 Å². The van der Waals surface area contributed by atoms with Crippen LogP contribution in [-0.2, 0) is 0 Å². The Kier molecular flexibility index (Phi) is 3.77. The molecule has 0 unspecified atom stereocenters. The summed E-state index contributed by atoms with van der Waals surface area (Å²) in [4.78, 5) is 18.4. The zero-order valence-electron chi connectivity index (χ0n) is 16.4. The number of piperidine rings is 1. The summed E-state index contributed by atoms with van der Waals surface area (Å²) in [5.41, 5.74) is 1.25. The van der Waals surface area contributed by atoms with E-state index in [4.69, 9.17) is 15.6 Å². The van der Waals surface area contributed by atoms with Gasteiger partial charge >= 0.3 is 0 Å². The van der Waals surface area contributed by atoms with E-state index in [0.29, 0.717) is 48.8 Å². The van der Waals surface area contributed by atoms with Crippen molar-refractivity contribution in [3.05, 3.63) is 52.4 Å². The summed E-state index contributed by atoms with van der Waals surface area (Å²) in [6.07, 6.45) is 1.46. The Hall–Kier alpha value is -3.29. The van der Waals surface area contributed by atoms with Gasteiger partial charge in [0.05, 0.1) is 1.37 Å². The Bertz CT molecular complexity index is 1140. The summed E-state index contributed by atoms with van der Waals surface area (Å²) >= 11 is 0. The second-order valence-electron chi connectivity index (χ2n) is 6.85. The van der Waals surface area contributed by atoms with Gasteiger partial charge in [-0.1, -0.05) is 0 Å². The Morgan fingerprint density at radius 2 is 2.00 bits per heavy atom. The number of fused-ring (bicyclic) bond motifs is 2. The molecule has 2 aromatic heterocycles. The van der Waals surface area contributed by atoms with Crippen LogP contribution in [0.2, 0.25) is 0 Å². The number of aromatic nitrogens is 3. The van der Waals surface area contributed by atoms with Crippen molar-refractivity contribution in [2.75, 3.05) is 24.8 Å². The van der Waals surface area contributed by atoms with Gasteiger partial charge in [-0.25, -0.2) is 4.98 Å². The van der Waals surface area contributed by atoms with Crippen LogP contribution >= 0.6 is 0 Å². The summed E-state index contributed by atoms with van der Waals surface area (Å²) in [6, 6.07) is 8.60. The molecule has 0 spiro atoms. The van der Waals surface area contributed by atoms with Gasteiger partial charge in [-0.15, -0.1) is 5.10 Å². The van der Waals surface area contributed by atoms with Crippen molar-refractivity contribution in [3.8, 4) is 17.2 Å². The largest absolute Gasteiger partial charge is 0.490 e. The maximum Gasteiger partial charge on any atom is 0.274 e. The molecule has 4 heterocycles. The van der Waals surface area contributed by atoms with Crippen molar-refractivity contribution >= 4 is 11.5 Å². The van der Waals surface area contributed by atoms with Crippen LogP contribution in [0.3, 0.4) is 0 Å². The average molecular weight is 381 g/mol. The average Bonchev–Trinajstić information content (AvgIpc) is 3.16. The Morgan fingerprint density at radius 3 is 2.86 bits per heavy atom. The highest BCUT2D eigenvalue weighted by molar-refractivity contribution is 5.52. The highest BCUT2D eigenvalue weighted by Gasteiger charge is 2.24. The van der Waals surface area contributed by atoms with Crippen LogP contribution in [0, 0.1) is 6.92 Å². The van der Waals surface area contributed by atoms with Crippen molar-refractivity contribution in [3.63, 3.8) is 0 Å². The Morgan fingerprint density at radius 1 is 1.18 bits per heavy atom. The van der Waals surface area contributed by atoms with E-state index < -0.39 is 6.08 Å². The molecule has 1 fully saturated rings. The van der Waals surface area contributed by atoms with E-state index in [9.17, 15) is 4.79 Å². The summed E-state index contributed by atoms with van der Waals surface area (Å²) in [7, 11) is 0. The molecule has 1 saturated heterocycles. The molecule has 28 heavy (non-hydrogen) atoms. The standard InChI is InChI=1S/C20H20N4O4/c1-13-10-18-21-7-4-19(25)24(18)22-20(13)23-8-5-14(6-9-23)28-15-2-3-16-17(11-15)27-12-26-16/h2-4,7,10-11,14H,5-6,8-9,12H2,1H3/i14D. The predicted molar refractivity (Wildman–Crippen MR) is 102 cm³/mol.